The lowest BCUT2D eigenvalue weighted by molar-refractivity contribution is -0.119. The van der Waals surface area contributed by atoms with Gasteiger partial charge in [-0.2, -0.15) is 0 Å². The first-order valence-corrected chi connectivity index (χ1v) is 7.94. The van der Waals surface area contributed by atoms with E-state index >= 15 is 0 Å². The molecule has 0 radical (unpaired) electrons. The number of carbonyl (C=O) groups is 2. The number of anilines is 2. The lowest BCUT2D eigenvalue weighted by atomic mass is 10.2. The second kappa shape index (κ2) is 8.39. The van der Waals surface area contributed by atoms with Crippen molar-refractivity contribution < 1.29 is 14.0 Å². The largest absolute Gasteiger partial charge is 0.325 e. The molecule has 132 valence electrons. The van der Waals surface area contributed by atoms with Crippen molar-refractivity contribution in [2.24, 2.45) is 0 Å². The molecule has 6 heteroatoms. The van der Waals surface area contributed by atoms with Crippen molar-refractivity contribution in [1.82, 2.24) is 4.90 Å². The predicted molar refractivity (Wildman–Crippen MR) is 97.1 cm³/mol. The van der Waals surface area contributed by atoms with Crippen LogP contribution in [-0.4, -0.2) is 36.9 Å². The summed E-state index contributed by atoms with van der Waals surface area (Å²) in [5.74, 6) is -0.891. The maximum Gasteiger partial charge on any atom is 0.238 e. The van der Waals surface area contributed by atoms with Crippen molar-refractivity contribution in [2.45, 2.75) is 13.8 Å². The zero-order valence-electron chi connectivity index (χ0n) is 14.6. The van der Waals surface area contributed by atoms with Crippen LogP contribution in [0.1, 0.15) is 11.1 Å². The monoisotopic (exact) mass is 343 g/mol. The summed E-state index contributed by atoms with van der Waals surface area (Å²) in [5.41, 5.74) is 2.73. The molecule has 0 fully saturated rings. The van der Waals surface area contributed by atoms with Crippen LogP contribution in [0.3, 0.4) is 0 Å². The van der Waals surface area contributed by atoms with E-state index in [9.17, 15) is 14.0 Å². The molecule has 0 aliphatic rings. The number of carbonyl (C=O) groups excluding carboxylic acids is 2. The van der Waals surface area contributed by atoms with Crippen molar-refractivity contribution >= 4 is 23.2 Å². The number of hydrogen-bond donors (Lipinski definition) is 2. The molecule has 0 bridgehead atoms. The van der Waals surface area contributed by atoms with Gasteiger partial charge in [0.1, 0.15) is 5.82 Å². The zero-order valence-corrected chi connectivity index (χ0v) is 14.6. The highest BCUT2D eigenvalue weighted by atomic mass is 19.1. The van der Waals surface area contributed by atoms with Crippen LogP contribution in [0, 0.1) is 19.7 Å². The average Bonchev–Trinajstić information content (AvgIpc) is 2.52. The fraction of sp³-hybridized carbons (Fsp3) is 0.263. The molecule has 2 aromatic rings. The summed E-state index contributed by atoms with van der Waals surface area (Å²) in [6.07, 6.45) is 0. The van der Waals surface area contributed by atoms with Gasteiger partial charge >= 0.3 is 0 Å². The summed E-state index contributed by atoms with van der Waals surface area (Å²) in [4.78, 5) is 25.6. The van der Waals surface area contributed by atoms with E-state index < -0.39 is 0 Å². The molecular weight excluding hydrogens is 321 g/mol. The number of hydrogen-bond acceptors (Lipinski definition) is 3. The first-order chi connectivity index (χ1) is 11.8. The second-order valence-corrected chi connectivity index (χ2v) is 6.10. The Hall–Kier alpha value is -2.73. The number of amides is 2. The number of aryl methyl sites for hydroxylation is 2. The molecule has 0 saturated carbocycles. The molecule has 2 rings (SSSR count). The highest BCUT2D eigenvalue weighted by molar-refractivity contribution is 5.94. The molecule has 2 aromatic carbocycles. The smallest absolute Gasteiger partial charge is 0.238 e. The zero-order chi connectivity index (χ0) is 18.4. The second-order valence-electron chi connectivity index (χ2n) is 6.10. The number of benzene rings is 2. The third-order valence-electron chi connectivity index (χ3n) is 3.62. The number of nitrogens with zero attached hydrogens (tertiary/aromatic N) is 1. The minimum atomic E-state index is -0.372. The Labute approximate surface area is 146 Å². The van der Waals surface area contributed by atoms with Gasteiger partial charge in [-0.15, -0.1) is 0 Å². The summed E-state index contributed by atoms with van der Waals surface area (Å²) in [6.45, 7) is 3.72. The lowest BCUT2D eigenvalue weighted by Crippen LogP contribution is -2.36. The first kappa shape index (κ1) is 18.6. The fourth-order valence-corrected chi connectivity index (χ4v) is 2.25. The van der Waals surface area contributed by atoms with E-state index in [4.69, 9.17) is 0 Å². The molecule has 0 heterocycles. The molecule has 0 aliphatic carbocycles. The van der Waals surface area contributed by atoms with Crippen molar-refractivity contribution in [3.05, 3.63) is 59.4 Å². The third kappa shape index (κ3) is 6.00. The van der Waals surface area contributed by atoms with E-state index in [-0.39, 0.29) is 30.7 Å². The highest BCUT2D eigenvalue weighted by Crippen LogP contribution is 2.13. The molecular formula is C19H22FN3O2. The van der Waals surface area contributed by atoms with Gasteiger partial charge < -0.3 is 10.6 Å². The SMILES string of the molecule is Cc1ccc(NC(=O)CN(C)CC(=O)Nc2ccc(C)c(F)c2)cc1. The molecule has 25 heavy (non-hydrogen) atoms. The van der Waals surface area contributed by atoms with Crippen LogP contribution < -0.4 is 10.6 Å². The Morgan fingerprint density at radius 3 is 2.00 bits per heavy atom. The molecule has 0 saturated heterocycles. The Morgan fingerprint density at radius 1 is 0.920 bits per heavy atom. The maximum atomic E-state index is 13.5. The van der Waals surface area contributed by atoms with Gasteiger partial charge in [-0.05, 0) is 50.7 Å². The van der Waals surface area contributed by atoms with Crippen molar-refractivity contribution in [2.75, 3.05) is 30.8 Å². The Balaban J connectivity index is 1.81. The molecule has 2 N–H and O–H groups in total. The first-order valence-electron chi connectivity index (χ1n) is 7.94. The number of likely N-dealkylation sites (N-methyl/N-ethyl adjacent to an activating group) is 1. The quantitative estimate of drug-likeness (QED) is 0.848. The van der Waals surface area contributed by atoms with Gasteiger partial charge in [-0.25, -0.2) is 4.39 Å². The van der Waals surface area contributed by atoms with Gasteiger partial charge in [0.25, 0.3) is 0 Å². The molecule has 0 spiro atoms. The molecule has 0 atom stereocenters. The lowest BCUT2D eigenvalue weighted by Gasteiger charge is -2.16. The highest BCUT2D eigenvalue weighted by Gasteiger charge is 2.12. The summed E-state index contributed by atoms with van der Waals surface area (Å²) < 4.78 is 13.5. The Kier molecular flexibility index (Phi) is 6.25. The minimum absolute atomic E-state index is 0.0246. The molecule has 0 unspecified atom stereocenters. The number of nitrogens with one attached hydrogen (secondary N) is 2. The predicted octanol–water partition coefficient (Wildman–Crippen LogP) is 2.95. The van der Waals surface area contributed by atoms with Crippen molar-refractivity contribution in [1.29, 1.82) is 0 Å². The summed E-state index contributed by atoms with van der Waals surface area (Å²) in [6, 6.07) is 12.0. The molecule has 0 aromatic heterocycles. The molecule has 2 amide bonds. The van der Waals surface area contributed by atoms with E-state index in [0.717, 1.165) is 5.56 Å². The third-order valence-corrected chi connectivity index (χ3v) is 3.62. The van der Waals surface area contributed by atoms with Crippen LogP contribution in [0.4, 0.5) is 15.8 Å². The Bertz CT molecular complexity index is 760. The van der Waals surface area contributed by atoms with E-state index in [1.807, 2.05) is 31.2 Å². The van der Waals surface area contributed by atoms with Gasteiger partial charge in [0.2, 0.25) is 11.8 Å². The Morgan fingerprint density at radius 2 is 1.44 bits per heavy atom. The normalized spacial score (nSPS) is 10.6. The van der Waals surface area contributed by atoms with E-state index in [2.05, 4.69) is 10.6 Å². The van der Waals surface area contributed by atoms with Crippen molar-refractivity contribution in [3.8, 4) is 0 Å². The summed E-state index contributed by atoms with van der Waals surface area (Å²) in [5, 5.41) is 5.39. The van der Waals surface area contributed by atoms with Crippen LogP contribution in [0.25, 0.3) is 0 Å². The molecule has 5 nitrogen and oxygen atoms in total. The van der Waals surface area contributed by atoms with Crippen LogP contribution in [-0.2, 0) is 9.59 Å². The average molecular weight is 343 g/mol. The van der Waals surface area contributed by atoms with Crippen LogP contribution in [0.15, 0.2) is 42.5 Å². The van der Waals surface area contributed by atoms with Gasteiger partial charge in [-0.1, -0.05) is 23.8 Å². The van der Waals surface area contributed by atoms with Crippen LogP contribution in [0.5, 0.6) is 0 Å². The minimum Gasteiger partial charge on any atom is -0.325 e. The summed E-state index contributed by atoms with van der Waals surface area (Å²) >= 11 is 0. The fourth-order valence-electron chi connectivity index (χ4n) is 2.25. The summed E-state index contributed by atoms with van der Waals surface area (Å²) in [7, 11) is 1.67. The standard InChI is InChI=1S/C19H22FN3O2/c1-13-4-7-15(8-5-13)21-18(24)11-23(3)12-19(25)22-16-9-6-14(2)17(20)10-16/h4-10H,11-12H2,1-3H3,(H,21,24)(H,22,25). The van der Waals surface area contributed by atoms with E-state index in [1.54, 1.807) is 31.0 Å². The number of rotatable bonds is 6. The van der Waals surface area contributed by atoms with Gasteiger partial charge in [0.05, 0.1) is 13.1 Å². The van der Waals surface area contributed by atoms with E-state index in [1.165, 1.54) is 6.07 Å². The van der Waals surface area contributed by atoms with Crippen LogP contribution >= 0.6 is 0 Å². The number of halogens is 1. The van der Waals surface area contributed by atoms with E-state index in [0.29, 0.717) is 16.9 Å². The molecule has 0 aliphatic heterocycles. The van der Waals surface area contributed by atoms with Crippen LogP contribution in [0.2, 0.25) is 0 Å². The van der Waals surface area contributed by atoms with Gasteiger partial charge in [0.15, 0.2) is 0 Å². The van der Waals surface area contributed by atoms with Gasteiger partial charge in [-0.3, -0.25) is 14.5 Å². The topological polar surface area (TPSA) is 61.4 Å². The van der Waals surface area contributed by atoms with Gasteiger partial charge in [0, 0.05) is 11.4 Å². The maximum absolute atomic E-state index is 13.5. The van der Waals surface area contributed by atoms with Crippen molar-refractivity contribution in [3.63, 3.8) is 0 Å².